The molecule has 4 atom stereocenters. The average molecular weight is 359 g/mol. The van der Waals surface area contributed by atoms with E-state index in [0.29, 0.717) is 24.3 Å². The summed E-state index contributed by atoms with van der Waals surface area (Å²) in [7, 11) is 0. The molecular formula is C21H27ClN2O. The van der Waals surface area contributed by atoms with E-state index in [1.807, 2.05) is 0 Å². The maximum Gasteiger partial charge on any atom is 0.226 e. The summed E-state index contributed by atoms with van der Waals surface area (Å²) in [5, 5.41) is 2.53. The van der Waals surface area contributed by atoms with Gasteiger partial charge in [0.25, 0.3) is 0 Å². The van der Waals surface area contributed by atoms with Gasteiger partial charge in [-0.15, -0.1) is 12.4 Å². The second-order valence-electron chi connectivity index (χ2n) is 7.61. The van der Waals surface area contributed by atoms with Crippen LogP contribution in [0.3, 0.4) is 0 Å². The molecular weight excluding hydrogens is 332 g/mol. The SMILES string of the molecule is CC1CCN(C(=O)C2CC2c2ccc3ccccc3c2)C(CN)C1.Cl. The fourth-order valence-electron chi connectivity index (χ4n) is 4.25. The minimum Gasteiger partial charge on any atom is -0.338 e. The minimum atomic E-state index is 0. The van der Waals surface area contributed by atoms with Crippen molar-refractivity contribution >= 4 is 29.1 Å². The quantitative estimate of drug-likeness (QED) is 0.902. The van der Waals surface area contributed by atoms with Crippen molar-refractivity contribution in [2.75, 3.05) is 13.1 Å². The van der Waals surface area contributed by atoms with Crippen molar-refractivity contribution in [1.29, 1.82) is 0 Å². The van der Waals surface area contributed by atoms with Crippen LogP contribution in [0.2, 0.25) is 0 Å². The van der Waals surface area contributed by atoms with E-state index in [9.17, 15) is 4.79 Å². The molecule has 1 saturated heterocycles. The Morgan fingerprint density at radius 1 is 1.16 bits per heavy atom. The van der Waals surface area contributed by atoms with Gasteiger partial charge in [0.2, 0.25) is 5.91 Å². The molecule has 1 aliphatic heterocycles. The molecule has 0 radical (unpaired) electrons. The highest BCUT2D eigenvalue weighted by Crippen LogP contribution is 2.49. The maximum atomic E-state index is 13.0. The zero-order chi connectivity index (χ0) is 16.7. The van der Waals surface area contributed by atoms with Crippen molar-refractivity contribution < 1.29 is 4.79 Å². The number of nitrogens with two attached hydrogens (primary N) is 1. The molecule has 2 aromatic rings. The number of hydrogen-bond acceptors (Lipinski definition) is 2. The van der Waals surface area contributed by atoms with Gasteiger partial charge in [0.15, 0.2) is 0 Å². The number of hydrogen-bond donors (Lipinski definition) is 1. The van der Waals surface area contributed by atoms with Gasteiger partial charge in [-0.3, -0.25) is 4.79 Å². The first kappa shape index (κ1) is 18.2. The first-order valence-corrected chi connectivity index (χ1v) is 9.16. The standard InChI is InChI=1S/C21H26N2O.ClH/c1-14-8-9-23(18(10-14)13-22)21(24)20-12-19(20)17-7-6-15-4-2-3-5-16(15)11-17;/h2-7,11,14,18-20H,8-10,12-13,22H2,1H3;1H. The highest BCUT2D eigenvalue weighted by Gasteiger charge is 2.47. The molecule has 1 aliphatic carbocycles. The Kier molecular flexibility index (Phi) is 5.35. The fraction of sp³-hybridized carbons (Fsp3) is 0.476. The fourth-order valence-corrected chi connectivity index (χ4v) is 4.25. The lowest BCUT2D eigenvalue weighted by atomic mass is 9.92. The number of carbonyl (C=O) groups is 1. The number of amides is 1. The van der Waals surface area contributed by atoms with Crippen LogP contribution in [0, 0.1) is 11.8 Å². The van der Waals surface area contributed by atoms with E-state index in [4.69, 9.17) is 5.73 Å². The van der Waals surface area contributed by atoms with Gasteiger partial charge >= 0.3 is 0 Å². The second kappa shape index (κ2) is 7.35. The number of carbonyl (C=O) groups excluding carboxylic acids is 1. The van der Waals surface area contributed by atoms with E-state index in [1.165, 1.54) is 16.3 Å². The number of halogens is 1. The lowest BCUT2D eigenvalue weighted by Crippen LogP contribution is -2.49. The molecule has 134 valence electrons. The first-order valence-electron chi connectivity index (χ1n) is 9.16. The summed E-state index contributed by atoms with van der Waals surface area (Å²) in [5.41, 5.74) is 7.24. The van der Waals surface area contributed by atoms with Crippen LogP contribution in [-0.4, -0.2) is 29.9 Å². The van der Waals surface area contributed by atoms with Crippen LogP contribution >= 0.6 is 12.4 Å². The van der Waals surface area contributed by atoms with Crippen LogP contribution in [0.1, 0.15) is 37.7 Å². The normalized spacial score (nSPS) is 28.5. The monoisotopic (exact) mass is 358 g/mol. The van der Waals surface area contributed by atoms with Crippen LogP contribution in [0.5, 0.6) is 0 Å². The molecule has 3 nitrogen and oxygen atoms in total. The van der Waals surface area contributed by atoms with E-state index < -0.39 is 0 Å². The van der Waals surface area contributed by atoms with Gasteiger partial charge < -0.3 is 10.6 Å². The third kappa shape index (κ3) is 3.54. The zero-order valence-corrected chi connectivity index (χ0v) is 15.5. The lowest BCUT2D eigenvalue weighted by molar-refractivity contribution is -0.136. The van der Waals surface area contributed by atoms with Gasteiger partial charge in [0.1, 0.15) is 0 Å². The third-order valence-corrected chi connectivity index (χ3v) is 5.84. The smallest absolute Gasteiger partial charge is 0.226 e. The highest BCUT2D eigenvalue weighted by atomic mass is 35.5. The predicted octanol–water partition coefficient (Wildman–Crippen LogP) is 3.95. The molecule has 25 heavy (non-hydrogen) atoms. The molecule has 1 heterocycles. The molecule has 0 bridgehead atoms. The summed E-state index contributed by atoms with van der Waals surface area (Å²) < 4.78 is 0. The molecule has 2 aromatic carbocycles. The van der Waals surface area contributed by atoms with Gasteiger partial charge in [0.05, 0.1) is 0 Å². The zero-order valence-electron chi connectivity index (χ0n) is 14.7. The van der Waals surface area contributed by atoms with Crippen LogP contribution in [0.15, 0.2) is 42.5 Å². The van der Waals surface area contributed by atoms with E-state index in [2.05, 4.69) is 54.3 Å². The number of rotatable bonds is 3. The predicted molar refractivity (Wildman–Crippen MR) is 105 cm³/mol. The van der Waals surface area contributed by atoms with Gasteiger partial charge in [-0.25, -0.2) is 0 Å². The molecule has 1 amide bonds. The van der Waals surface area contributed by atoms with Crippen molar-refractivity contribution in [3.63, 3.8) is 0 Å². The Bertz CT molecular complexity index is 762. The number of fused-ring (bicyclic) bond motifs is 1. The Morgan fingerprint density at radius 3 is 2.68 bits per heavy atom. The minimum absolute atomic E-state index is 0. The van der Waals surface area contributed by atoms with Crippen molar-refractivity contribution in [3.05, 3.63) is 48.0 Å². The topological polar surface area (TPSA) is 46.3 Å². The van der Waals surface area contributed by atoms with E-state index in [0.717, 1.165) is 25.8 Å². The largest absolute Gasteiger partial charge is 0.338 e. The molecule has 0 spiro atoms. The molecule has 2 aliphatic rings. The van der Waals surface area contributed by atoms with E-state index in [1.54, 1.807) is 0 Å². The van der Waals surface area contributed by atoms with Crippen molar-refractivity contribution in [1.82, 2.24) is 4.90 Å². The number of likely N-dealkylation sites (tertiary alicyclic amines) is 1. The van der Waals surface area contributed by atoms with Gasteiger partial charge in [-0.2, -0.15) is 0 Å². The van der Waals surface area contributed by atoms with Crippen LogP contribution in [0.25, 0.3) is 10.8 Å². The first-order chi connectivity index (χ1) is 11.7. The summed E-state index contributed by atoms with van der Waals surface area (Å²) in [6, 6.07) is 15.3. The van der Waals surface area contributed by atoms with E-state index in [-0.39, 0.29) is 24.4 Å². The number of nitrogens with zero attached hydrogens (tertiary/aromatic N) is 1. The summed E-state index contributed by atoms with van der Waals surface area (Å²) in [4.78, 5) is 15.0. The highest BCUT2D eigenvalue weighted by molar-refractivity contribution is 5.86. The van der Waals surface area contributed by atoms with Gasteiger partial charge in [-0.1, -0.05) is 49.4 Å². The third-order valence-electron chi connectivity index (χ3n) is 5.84. The Labute approximate surface area is 156 Å². The van der Waals surface area contributed by atoms with Gasteiger partial charge in [-0.05, 0) is 47.4 Å². The summed E-state index contributed by atoms with van der Waals surface area (Å²) in [6.45, 7) is 3.73. The average Bonchev–Trinajstić information content (AvgIpc) is 3.41. The molecule has 4 heteroatoms. The van der Waals surface area contributed by atoms with Crippen LogP contribution in [-0.2, 0) is 4.79 Å². The van der Waals surface area contributed by atoms with Crippen LogP contribution < -0.4 is 5.73 Å². The van der Waals surface area contributed by atoms with Crippen molar-refractivity contribution in [3.8, 4) is 0 Å². The lowest BCUT2D eigenvalue weighted by Gasteiger charge is -2.38. The Morgan fingerprint density at radius 2 is 1.92 bits per heavy atom. The molecule has 0 aromatic heterocycles. The van der Waals surface area contributed by atoms with Crippen molar-refractivity contribution in [2.24, 2.45) is 17.6 Å². The maximum absolute atomic E-state index is 13.0. The summed E-state index contributed by atoms with van der Waals surface area (Å²) >= 11 is 0. The van der Waals surface area contributed by atoms with E-state index >= 15 is 0 Å². The van der Waals surface area contributed by atoms with Crippen molar-refractivity contribution in [2.45, 2.75) is 38.1 Å². The Balaban J connectivity index is 0.00000182. The van der Waals surface area contributed by atoms with Crippen LogP contribution in [0.4, 0.5) is 0 Å². The summed E-state index contributed by atoms with van der Waals surface area (Å²) in [5.74, 6) is 1.56. The molecule has 2 fully saturated rings. The molecule has 2 N–H and O–H groups in total. The second-order valence-corrected chi connectivity index (χ2v) is 7.61. The Hall–Kier alpha value is -1.58. The van der Waals surface area contributed by atoms with Gasteiger partial charge in [0, 0.05) is 25.0 Å². The number of piperidine rings is 1. The molecule has 4 unspecified atom stereocenters. The molecule has 1 saturated carbocycles. The molecule has 4 rings (SSSR count). The number of benzene rings is 2. The summed E-state index contributed by atoms with van der Waals surface area (Å²) in [6.07, 6.45) is 3.14.